The largest absolute Gasteiger partial charge is 0.345 e. The maximum atomic E-state index is 11.8. The van der Waals surface area contributed by atoms with Crippen molar-refractivity contribution < 1.29 is 9.72 Å². The van der Waals surface area contributed by atoms with E-state index >= 15 is 0 Å². The van der Waals surface area contributed by atoms with Gasteiger partial charge in [-0.05, 0) is 35.4 Å². The molecule has 0 bridgehead atoms. The number of nitro benzene ring substituents is 1. The summed E-state index contributed by atoms with van der Waals surface area (Å²) in [6.45, 7) is 0. The molecule has 5 heteroatoms. The third-order valence-electron chi connectivity index (χ3n) is 2.95. The first kappa shape index (κ1) is 13.7. The molecule has 0 saturated heterocycles. The normalized spacial score (nSPS) is 10.1. The zero-order valence-corrected chi connectivity index (χ0v) is 11.2. The Balaban J connectivity index is 2.26. The summed E-state index contributed by atoms with van der Waals surface area (Å²) < 4.78 is 0. The summed E-state index contributed by atoms with van der Waals surface area (Å²) in [7, 11) is 3.40. The molecule has 0 unspecified atom stereocenters. The van der Waals surface area contributed by atoms with Crippen LogP contribution in [0.25, 0.3) is 11.1 Å². The fraction of sp³-hybridized carbons (Fsp3) is 0.133. The topological polar surface area (TPSA) is 63.5 Å². The number of benzene rings is 2. The molecule has 0 aliphatic rings. The second-order valence-electron chi connectivity index (χ2n) is 4.58. The molecular formula is C15H14N2O3. The van der Waals surface area contributed by atoms with Gasteiger partial charge in [-0.15, -0.1) is 0 Å². The van der Waals surface area contributed by atoms with Gasteiger partial charge in [0.2, 0.25) is 0 Å². The van der Waals surface area contributed by atoms with Crippen molar-refractivity contribution in [3.8, 4) is 11.1 Å². The average Bonchev–Trinajstić information content (AvgIpc) is 2.46. The van der Waals surface area contributed by atoms with Crippen LogP contribution in [0.15, 0.2) is 48.5 Å². The maximum Gasteiger partial charge on any atom is 0.269 e. The fourth-order valence-corrected chi connectivity index (χ4v) is 1.84. The van der Waals surface area contributed by atoms with E-state index in [0.29, 0.717) is 5.56 Å². The van der Waals surface area contributed by atoms with E-state index in [0.717, 1.165) is 11.1 Å². The van der Waals surface area contributed by atoms with Gasteiger partial charge in [-0.3, -0.25) is 14.9 Å². The monoisotopic (exact) mass is 270 g/mol. The Hall–Kier alpha value is -2.69. The molecule has 0 aromatic heterocycles. The van der Waals surface area contributed by atoms with Crippen LogP contribution in [0.1, 0.15) is 10.4 Å². The van der Waals surface area contributed by atoms with Gasteiger partial charge < -0.3 is 4.90 Å². The van der Waals surface area contributed by atoms with Crippen LogP contribution in [0.2, 0.25) is 0 Å². The molecule has 0 radical (unpaired) electrons. The van der Waals surface area contributed by atoms with Gasteiger partial charge in [-0.2, -0.15) is 0 Å². The molecule has 0 spiro atoms. The van der Waals surface area contributed by atoms with Crippen LogP contribution in [0.5, 0.6) is 0 Å². The van der Waals surface area contributed by atoms with Gasteiger partial charge in [0.25, 0.3) is 11.6 Å². The van der Waals surface area contributed by atoms with Crippen molar-refractivity contribution in [3.05, 3.63) is 64.2 Å². The van der Waals surface area contributed by atoms with Crippen molar-refractivity contribution in [2.45, 2.75) is 0 Å². The van der Waals surface area contributed by atoms with Crippen LogP contribution in [-0.4, -0.2) is 29.8 Å². The minimum Gasteiger partial charge on any atom is -0.345 e. The standard InChI is InChI=1S/C15H14N2O3/c1-16(2)15(18)13-5-3-11(4-6-13)12-7-9-14(10-8-12)17(19)20/h3-10H,1-2H3. The Morgan fingerprint density at radius 2 is 1.40 bits per heavy atom. The van der Waals surface area contributed by atoms with E-state index in [-0.39, 0.29) is 11.6 Å². The number of hydrogen-bond donors (Lipinski definition) is 0. The summed E-state index contributed by atoms with van der Waals surface area (Å²) in [6, 6.07) is 13.5. The van der Waals surface area contributed by atoms with E-state index in [1.807, 2.05) is 12.1 Å². The predicted molar refractivity (Wildman–Crippen MR) is 76.5 cm³/mol. The lowest BCUT2D eigenvalue weighted by atomic mass is 10.0. The van der Waals surface area contributed by atoms with Crippen molar-refractivity contribution in [2.24, 2.45) is 0 Å². The lowest BCUT2D eigenvalue weighted by molar-refractivity contribution is -0.384. The third-order valence-corrected chi connectivity index (χ3v) is 2.95. The van der Waals surface area contributed by atoms with Crippen LogP contribution >= 0.6 is 0 Å². The molecule has 2 aromatic carbocycles. The summed E-state index contributed by atoms with van der Waals surface area (Å²) in [4.78, 5) is 23.4. The van der Waals surface area contributed by atoms with Crippen LogP contribution < -0.4 is 0 Å². The number of nitro groups is 1. The summed E-state index contributed by atoms with van der Waals surface area (Å²) >= 11 is 0. The van der Waals surface area contributed by atoms with E-state index in [4.69, 9.17) is 0 Å². The third kappa shape index (κ3) is 2.83. The minimum atomic E-state index is -0.428. The van der Waals surface area contributed by atoms with E-state index in [1.165, 1.54) is 17.0 Å². The van der Waals surface area contributed by atoms with Crippen molar-refractivity contribution in [1.82, 2.24) is 4.90 Å². The molecule has 2 rings (SSSR count). The van der Waals surface area contributed by atoms with Gasteiger partial charge in [0.15, 0.2) is 0 Å². The molecule has 0 atom stereocenters. The van der Waals surface area contributed by atoms with Gasteiger partial charge in [0, 0.05) is 31.8 Å². The van der Waals surface area contributed by atoms with Crippen LogP contribution in [0, 0.1) is 10.1 Å². The highest BCUT2D eigenvalue weighted by molar-refractivity contribution is 5.94. The molecule has 102 valence electrons. The Morgan fingerprint density at radius 3 is 1.80 bits per heavy atom. The molecule has 5 nitrogen and oxygen atoms in total. The molecular weight excluding hydrogens is 256 g/mol. The molecule has 0 aliphatic carbocycles. The van der Waals surface area contributed by atoms with Crippen LogP contribution in [0.4, 0.5) is 5.69 Å². The highest BCUT2D eigenvalue weighted by atomic mass is 16.6. The highest BCUT2D eigenvalue weighted by Crippen LogP contribution is 2.22. The van der Waals surface area contributed by atoms with Crippen LogP contribution in [0.3, 0.4) is 0 Å². The number of amides is 1. The second kappa shape index (κ2) is 5.52. The molecule has 20 heavy (non-hydrogen) atoms. The molecule has 0 aliphatic heterocycles. The summed E-state index contributed by atoms with van der Waals surface area (Å²) in [5, 5.41) is 10.6. The second-order valence-corrected chi connectivity index (χ2v) is 4.58. The first-order valence-electron chi connectivity index (χ1n) is 6.05. The van der Waals surface area contributed by atoms with Gasteiger partial charge >= 0.3 is 0 Å². The SMILES string of the molecule is CN(C)C(=O)c1ccc(-c2ccc([N+](=O)[O-])cc2)cc1. The van der Waals surface area contributed by atoms with E-state index in [2.05, 4.69) is 0 Å². The Kier molecular flexibility index (Phi) is 3.79. The zero-order chi connectivity index (χ0) is 14.7. The summed E-state index contributed by atoms with van der Waals surface area (Å²) in [6.07, 6.45) is 0. The molecule has 2 aromatic rings. The van der Waals surface area contributed by atoms with E-state index < -0.39 is 4.92 Å². The number of non-ortho nitro benzene ring substituents is 1. The van der Waals surface area contributed by atoms with Crippen molar-refractivity contribution in [3.63, 3.8) is 0 Å². The number of carbonyl (C=O) groups excluding carboxylic acids is 1. The van der Waals surface area contributed by atoms with Gasteiger partial charge in [-0.25, -0.2) is 0 Å². The number of nitrogens with zero attached hydrogens (tertiary/aromatic N) is 2. The van der Waals surface area contributed by atoms with E-state index in [9.17, 15) is 14.9 Å². The molecule has 0 saturated carbocycles. The minimum absolute atomic E-state index is 0.0553. The fourth-order valence-electron chi connectivity index (χ4n) is 1.84. The lowest BCUT2D eigenvalue weighted by Crippen LogP contribution is -2.21. The number of carbonyl (C=O) groups is 1. The van der Waals surface area contributed by atoms with Gasteiger partial charge in [0.1, 0.15) is 0 Å². The molecule has 0 fully saturated rings. The van der Waals surface area contributed by atoms with Crippen molar-refractivity contribution in [1.29, 1.82) is 0 Å². The average molecular weight is 270 g/mol. The zero-order valence-electron chi connectivity index (χ0n) is 11.2. The first-order valence-corrected chi connectivity index (χ1v) is 6.05. The van der Waals surface area contributed by atoms with Crippen molar-refractivity contribution in [2.75, 3.05) is 14.1 Å². The van der Waals surface area contributed by atoms with Gasteiger partial charge in [0.05, 0.1) is 4.92 Å². The maximum absolute atomic E-state index is 11.8. The molecule has 1 amide bonds. The van der Waals surface area contributed by atoms with Crippen molar-refractivity contribution >= 4 is 11.6 Å². The summed E-state index contributed by atoms with van der Waals surface area (Å²) in [5.74, 6) is -0.0553. The van der Waals surface area contributed by atoms with Gasteiger partial charge in [-0.1, -0.05) is 12.1 Å². The highest BCUT2D eigenvalue weighted by Gasteiger charge is 2.08. The Morgan fingerprint density at radius 1 is 0.950 bits per heavy atom. The Labute approximate surface area is 116 Å². The Bertz CT molecular complexity index is 631. The number of hydrogen-bond acceptors (Lipinski definition) is 3. The summed E-state index contributed by atoms with van der Waals surface area (Å²) in [5.41, 5.74) is 2.46. The number of rotatable bonds is 3. The lowest BCUT2D eigenvalue weighted by Gasteiger charge is -2.10. The molecule has 0 heterocycles. The van der Waals surface area contributed by atoms with E-state index in [1.54, 1.807) is 38.4 Å². The first-order chi connectivity index (χ1) is 9.49. The quantitative estimate of drug-likeness (QED) is 0.636. The predicted octanol–water partition coefficient (Wildman–Crippen LogP) is 2.96. The molecule has 0 N–H and O–H groups in total. The smallest absolute Gasteiger partial charge is 0.269 e. The van der Waals surface area contributed by atoms with Crippen LogP contribution in [-0.2, 0) is 0 Å².